The third kappa shape index (κ3) is 2.74. The Morgan fingerprint density at radius 3 is 3.13 bits per heavy atom. The number of benzene rings is 1. The Bertz CT molecular complexity index is 777. The van der Waals surface area contributed by atoms with Crippen molar-refractivity contribution in [2.45, 2.75) is 25.8 Å². The number of aromatic nitrogens is 1. The minimum Gasteiger partial charge on any atom is -0.350 e. The summed E-state index contributed by atoms with van der Waals surface area (Å²) in [6.07, 6.45) is 6.49. The number of nitrogens with one attached hydrogen (secondary N) is 2. The van der Waals surface area contributed by atoms with Gasteiger partial charge in [-0.05, 0) is 37.8 Å². The lowest BCUT2D eigenvalue weighted by Gasteiger charge is -2.31. The van der Waals surface area contributed by atoms with Gasteiger partial charge in [0.15, 0.2) is 5.13 Å². The van der Waals surface area contributed by atoms with E-state index in [0.29, 0.717) is 11.8 Å². The predicted octanol–water partition coefficient (Wildman–Crippen LogP) is 3.16. The number of carbonyl (C=O) groups is 1. The summed E-state index contributed by atoms with van der Waals surface area (Å²) in [4.78, 5) is 16.7. The Labute approximate surface area is 138 Å². The molecule has 0 aliphatic heterocycles. The van der Waals surface area contributed by atoms with E-state index in [4.69, 9.17) is 0 Å². The van der Waals surface area contributed by atoms with Gasteiger partial charge in [-0.25, -0.2) is 10.4 Å². The number of para-hydroxylation sites is 1. The maximum absolute atomic E-state index is 12.2. The zero-order valence-corrected chi connectivity index (χ0v) is 13.6. The lowest BCUT2D eigenvalue weighted by atomic mass is 9.74. The molecular formula is C17H18N4OS. The van der Waals surface area contributed by atoms with Gasteiger partial charge in [-0.2, -0.15) is 5.10 Å². The molecule has 2 aliphatic rings. The predicted molar refractivity (Wildman–Crippen MR) is 93.6 cm³/mol. The van der Waals surface area contributed by atoms with Crippen LogP contribution < -0.4 is 10.7 Å². The zero-order chi connectivity index (χ0) is 15.8. The second kappa shape index (κ2) is 5.77. The SMILES string of the molecule is C[C@@H](Nc1nc2ccccc2s1)C(=O)N/N=C1/C[C@@H]2C=CC[C@H]12. The molecule has 1 heterocycles. The normalized spacial score (nSPS) is 25.2. The van der Waals surface area contributed by atoms with E-state index in [1.807, 2.05) is 31.2 Å². The molecule has 2 aliphatic carbocycles. The smallest absolute Gasteiger partial charge is 0.262 e. The molecule has 0 bridgehead atoms. The fourth-order valence-corrected chi connectivity index (χ4v) is 4.02. The summed E-state index contributed by atoms with van der Waals surface area (Å²) in [7, 11) is 0. The van der Waals surface area contributed by atoms with E-state index in [-0.39, 0.29) is 11.9 Å². The fraction of sp³-hybridized carbons (Fsp3) is 0.353. The maximum atomic E-state index is 12.2. The number of anilines is 1. The largest absolute Gasteiger partial charge is 0.350 e. The molecule has 5 nitrogen and oxygen atoms in total. The Kier molecular flexibility index (Phi) is 3.61. The number of allylic oxidation sites excluding steroid dienone is 2. The fourth-order valence-electron chi connectivity index (χ4n) is 3.07. The van der Waals surface area contributed by atoms with E-state index in [0.717, 1.165) is 33.9 Å². The average molecular weight is 326 g/mol. The van der Waals surface area contributed by atoms with Crippen LogP contribution in [0.5, 0.6) is 0 Å². The third-order valence-corrected chi connectivity index (χ3v) is 5.47. The molecule has 0 spiro atoms. The summed E-state index contributed by atoms with van der Waals surface area (Å²) in [6.45, 7) is 1.82. The minimum atomic E-state index is -0.377. The van der Waals surface area contributed by atoms with Crippen LogP contribution in [-0.4, -0.2) is 22.6 Å². The van der Waals surface area contributed by atoms with Gasteiger partial charge in [-0.1, -0.05) is 35.6 Å². The van der Waals surface area contributed by atoms with Crippen molar-refractivity contribution in [3.63, 3.8) is 0 Å². The molecule has 1 aromatic carbocycles. The van der Waals surface area contributed by atoms with E-state index in [1.54, 1.807) is 11.3 Å². The first-order chi connectivity index (χ1) is 11.2. The van der Waals surface area contributed by atoms with Gasteiger partial charge in [0.05, 0.1) is 10.2 Å². The summed E-state index contributed by atoms with van der Waals surface area (Å²) in [5, 5.41) is 8.20. The molecule has 2 aromatic rings. The number of thiazole rings is 1. The van der Waals surface area contributed by atoms with Crippen LogP contribution in [0.4, 0.5) is 5.13 Å². The van der Waals surface area contributed by atoms with Crippen LogP contribution in [0.2, 0.25) is 0 Å². The van der Waals surface area contributed by atoms with Crippen molar-refractivity contribution in [2.24, 2.45) is 16.9 Å². The van der Waals surface area contributed by atoms with Crippen LogP contribution in [0, 0.1) is 11.8 Å². The number of carbonyl (C=O) groups excluding carboxylic acids is 1. The Balaban J connectivity index is 1.36. The van der Waals surface area contributed by atoms with Crippen LogP contribution in [0.25, 0.3) is 10.2 Å². The molecule has 4 rings (SSSR count). The Morgan fingerprint density at radius 2 is 2.30 bits per heavy atom. The van der Waals surface area contributed by atoms with Gasteiger partial charge in [0.1, 0.15) is 6.04 Å². The summed E-state index contributed by atoms with van der Waals surface area (Å²) < 4.78 is 1.11. The van der Waals surface area contributed by atoms with Gasteiger partial charge in [0.25, 0.3) is 5.91 Å². The quantitative estimate of drug-likeness (QED) is 0.670. The molecule has 1 aromatic heterocycles. The topological polar surface area (TPSA) is 66.4 Å². The van der Waals surface area contributed by atoms with Gasteiger partial charge in [-0.15, -0.1) is 0 Å². The first-order valence-electron chi connectivity index (χ1n) is 7.86. The second-order valence-corrected chi connectivity index (χ2v) is 7.10. The van der Waals surface area contributed by atoms with E-state index >= 15 is 0 Å². The van der Waals surface area contributed by atoms with Crippen LogP contribution in [0.1, 0.15) is 19.8 Å². The number of amides is 1. The molecular weight excluding hydrogens is 308 g/mol. The van der Waals surface area contributed by atoms with Crippen LogP contribution >= 0.6 is 11.3 Å². The van der Waals surface area contributed by atoms with Gasteiger partial charge in [0.2, 0.25) is 0 Å². The summed E-state index contributed by atoms with van der Waals surface area (Å²) in [6, 6.07) is 7.56. The van der Waals surface area contributed by atoms with Crippen molar-refractivity contribution in [3.8, 4) is 0 Å². The molecule has 2 N–H and O–H groups in total. The molecule has 6 heteroatoms. The summed E-state index contributed by atoms with van der Waals surface area (Å²) >= 11 is 1.55. The van der Waals surface area contributed by atoms with E-state index in [1.165, 1.54) is 0 Å². The molecule has 0 unspecified atom stereocenters. The molecule has 118 valence electrons. The van der Waals surface area contributed by atoms with Gasteiger partial charge in [0, 0.05) is 11.6 Å². The molecule has 0 saturated heterocycles. The minimum absolute atomic E-state index is 0.133. The number of hydrogen-bond acceptors (Lipinski definition) is 5. The number of fused-ring (bicyclic) bond motifs is 2. The summed E-state index contributed by atoms with van der Waals surface area (Å²) in [5.41, 5.74) is 4.74. The average Bonchev–Trinajstić information content (AvgIpc) is 3.10. The monoisotopic (exact) mass is 326 g/mol. The lowest BCUT2D eigenvalue weighted by Crippen LogP contribution is -2.39. The van der Waals surface area contributed by atoms with Crippen LogP contribution in [0.3, 0.4) is 0 Å². The first kappa shape index (κ1) is 14.4. The highest BCUT2D eigenvalue weighted by molar-refractivity contribution is 7.22. The van der Waals surface area contributed by atoms with Gasteiger partial charge < -0.3 is 5.32 Å². The molecule has 1 saturated carbocycles. The van der Waals surface area contributed by atoms with Gasteiger partial charge >= 0.3 is 0 Å². The second-order valence-electron chi connectivity index (χ2n) is 6.07. The highest BCUT2D eigenvalue weighted by Crippen LogP contribution is 2.40. The van der Waals surface area contributed by atoms with E-state index < -0.39 is 0 Å². The molecule has 1 amide bonds. The van der Waals surface area contributed by atoms with Crippen molar-refractivity contribution in [2.75, 3.05) is 5.32 Å². The van der Waals surface area contributed by atoms with Crippen molar-refractivity contribution in [3.05, 3.63) is 36.4 Å². The van der Waals surface area contributed by atoms with E-state index in [9.17, 15) is 4.79 Å². The lowest BCUT2D eigenvalue weighted by molar-refractivity contribution is -0.121. The number of rotatable bonds is 4. The van der Waals surface area contributed by atoms with Crippen LogP contribution in [0.15, 0.2) is 41.5 Å². The maximum Gasteiger partial charge on any atom is 0.262 e. The number of hydrogen-bond donors (Lipinski definition) is 2. The highest BCUT2D eigenvalue weighted by atomic mass is 32.1. The van der Waals surface area contributed by atoms with Crippen molar-refractivity contribution < 1.29 is 4.79 Å². The zero-order valence-electron chi connectivity index (χ0n) is 12.8. The third-order valence-electron chi connectivity index (χ3n) is 4.50. The van der Waals surface area contributed by atoms with Gasteiger partial charge in [-0.3, -0.25) is 4.79 Å². The molecule has 0 radical (unpaired) electrons. The molecule has 1 fully saturated rings. The number of hydrazone groups is 1. The highest BCUT2D eigenvalue weighted by Gasteiger charge is 2.38. The Hall–Kier alpha value is -2.21. The van der Waals surface area contributed by atoms with E-state index in [2.05, 4.69) is 33.0 Å². The Morgan fingerprint density at radius 1 is 1.43 bits per heavy atom. The van der Waals surface area contributed by atoms with Crippen molar-refractivity contribution >= 4 is 38.3 Å². The van der Waals surface area contributed by atoms with Crippen LogP contribution in [-0.2, 0) is 4.79 Å². The standard InChI is InChI=1S/C17H18N4OS/c1-10(18-17-19-13-7-2-3-8-15(13)23-17)16(22)21-20-14-9-11-5-4-6-12(11)14/h2-5,7-8,10-12H,6,9H2,1H3,(H,18,19)(H,21,22)/b20-14-/t10-,11+,12+/m1/s1. The number of nitrogens with zero attached hydrogens (tertiary/aromatic N) is 2. The molecule has 3 atom stereocenters. The molecule has 23 heavy (non-hydrogen) atoms. The summed E-state index contributed by atoms with van der Waals surface area (Å²) in [5.74, 6) is 1.03. The first-order valence-corrected chi connectivity index (χ1v) is 8.67. The van der Waals surface area contributed by atoms with Crippen molar-refractivity contribution in [1.82, 2.24) is 10.4 Å². The van der Waals surface area contributed by atoms with Crippen molar-refractivity contribution in [1.29, 1.82) is 0 Å².